The van der Waals surface area contributed by atoms with Crippen LogP contribution in [0.15, 0.2) is 53.4 Å². The Morgan fingerprint density at radius 2 is 1.72 bits per heavy atom. The molecule has 1 saturated heterocycles. The summed E-state index contributed by atoms with van der Waals surface area (Å²) < 4.78 is 14.0. The van der Waals surface area contributed by atoms with Crippen molar-refractivity contribution in [2.24, 2.45) is 0 Å². The largest absolute Gasteiger partial charge is 0.367 e. The predicted molar refractivity (Wildman–Crippen MR) is 127 cm³/mol. The molecule has 4 rings (SSSR count). The summed E-state index contributed by atoms with van der Waals surface area (Å²) in [5.74, 6) is 0.417. The topological polar surface area (TPSA) is 55.9 Å². The second-order valence-electron chi connectivity index (χ2n) is 8.03. The summed E-state index contributed by atoms with van der Waals surface area (Å²) in [6.45, 7) is 4.84. The molecule has 0 saturated carbocycles. The maximum absolute atomic E-state index is 14.0. The van der Waals surface area contributed by atoms with E-state index in [1.165, 1.54) is 6.07 Å². The van der Waals surface area contributed by atoms with Gasteiger partial charge in [-0.3, -0.25) is 14.5 Å². The molecule has 0 unspecified atom stereocenters. The number of hydrogen-bond donors (Lipinski definition) is 1. The number of para-hydroxylation sites is 2. The Bertz CT molecular complexity index is 949. The summed E-state index contributed by atoms with van der Waals surface area (Å²) in [5.41, 5.74) is 1.49. The Balaban J connectivity index is 1.18. The number of nitrogens with zero attached hydrogens (tertiary/aromatic N) is 3. The maximum Gasteiger partial charge on any atom is 0.240 e. The van der Waals surface area contributed by atoms with Crippen molar-refractivity contribution < 1.29 is 14.0 Å². The van der Waals surface area contributed by atoms with Crippen molar-refractivity contribution >= 4 is 35.0 Å². The molecule has 170 valence electrons. The van der Waals surface area contributed by atoms with Gasteiger partial charge in [0.05, 0.1) is 11.4 Å². The molecule has 2 aromatic rings. The molecule has 8 heteroatoms. The number of rotatable bonds is 7. The van der Waals surface area contributed by atoms with Crippen LogP contribution in [0.3, 0.4) is 0 Å². The van der Waals surface area contributed by atoms with Crippen molar-refractivity contribution in [2.75, 3.05) is 61.4 Å². The number of fused-ring (bicyclic) bond motifs is 1. The molecule has 2 aliphatic heterocycles. The molecule has 1 N–H and O–H groups in total. The van der Waals surface area contributed by atoms with E-state index in [0.717, 1.165) is 55.5 Å². The number of carbonyl (C=O) groups is 2. The minimum Gasteiger partial charge on any atom is -0.367 e. The second-order valence-corrected chi connectivity index (χ2v) is 9.17. The van der Waals surface area contributed by atoms with E-state index in [4.69, 9.17) is 0 Å². The lowest BCUT2D eigenvalue weighted by molar-refractivity contribution is -0.123. The molecule has 0 radical (unpaired) electrons. The number of thioether (sulfide) groups is 1. The van der Waals surface area contributed by atoms with Crippen LogP contribution in [-0.4, -0.2) is 68.3 Å². The van der Waals surface area contributed by atoms with Crippen LogP contribution in [0.25, 0.3) is 0 Å². The quantitative estimate of drug-likeness (QED) is 0.650. The highest BCUT2D eigenvalue weighted by atomic mass is 32.2. The Hall–Kier alpha value is -2.58. The third-order valence-corrected chi connectivity index (χ3v) is 6.94. The average molecular weight is 457 g/mol. The van der Waals surface area contributed by atoms with E-state index < -0.39 is 0 Å². The molecular weight excluding hydrogens is 427 g/mol. The summed E-state index contributed by atoms with van der Waals surface area (Å²) in [6.07, 6.45) is 1.28. The van der Waals surface area contributed by atoms with E-state index in [0.29, 0.717) is 18.7 Å². The molecule has 32 heavy (non-hydrogen) atoms. The zero-order valence-corrected chi connectivity index (χ0v) is 19.0. The Labute approximate surface area is 192 Å². The van der Waals surface area contributed by atoms with E-state index in [1.807, 2.05) is 36.4 Å². The summed E-state index contributed by atoms with van der Waals surface area (Å²) in [7, 11) is 0. The third kappa shape index (κ3) is 5.61. The van der Waals surface area contributed by atoms with Crippen LogP contribution >= 0.6 is 11.8 Å². The lowest BCUT2D eigenvalue weighted by atomic mass is 10.2. The predicted octanol–water partition coefficient (Wildman–Crippen LogP) is 2.98. The number of anilines is 2. The molecule has 0 bridgehead atoms. The average Bonchev–Trinajstić information content (AvgIpc) is 2.96. The van der Waals surface area contributed by atoms with Crippen LogP contribution in [0, 0.1) is 5.82 Å². The molecule has 2 aliphatic rings. The minimum absolute atomic E-state index is 0.00896. The number of carbonyl (C=O) groups excluding carboxylic acids is 2. The lowest BCUT2D eigenvalue weighted by Gasteiger charge is -2.36. The number of nitrogens with one attached hydrogen (secondary N) is 1. The number of halogens is 1. The summed E-state index contributed by atoms with van der Waals surface area (Å²) in [4.78, 5) is 32.1. The van der Waals surface area contributed by atoms with E-state index in [9.17, 15) is 14.0 Å². The van der Waals surface area contributed by atoms with E-state index in [2.05, 4.69) is 15.1 Å². The molecule has 1 fully saturated rings. The first-order valence-electron chi connectivity index (χ1n) is 11.1. The van der Waals surface area contributed by atoms with Gasteiger partial charge in [-0.05, 0) is 37.2 Å². The van der Waals surface area contributed by atoms with Crippen molar-refractivity contribution in [3.8, 4) is 0 Å². The van der Waals surface area contributed by atoms with Gasteiger partial charge in [-0.25, -0.2) is 4.39 Å². The van der Waals surface area contributed by atoms with Gasteiger partial charge in [0.25, 0.3) is 0 Å². The van der Waals surface area contributed by atoms with Crippen molar-refractivity contribution in [1.82, 2.24) is 10.2 Å². The summed E-state index contributed by atoms with van der Waals surface area (Å²) in [6, 6.07) is 14.7. The fourth-order valence-electron chi connectivity index (χ4n) is 4.14. The second kappa shape index (κ2) is 10.8. The Kier molecular flexibility index (Phi) is 7.65. The molecule has 0 atom stereocenters. The molecule has 2 heterocycles. The molecule has 2 amide bonds. The summed E-state index contributed by atoms with van der Waals surface area (Å²) in [5, 5.41) is 2.96. The Morgan fingerprint density at radius 1 is 1.00 bits per heavy atom. The van der Waals surface area contributed by atoms with E-state index >= 15 is 0 Å². The van der Waals surface area contributed by atoms with Gasteiger partial charge in [0.2, 0.25) is 11.8 Å². The smallest absolute Gasteiger partial charge is 0.240 e. The van der Waals surface area contributed by atoms with Crippen LogP contribution in [0.5, 0.6) is 0 Å². The first-order chi connectivity index (χ1) is 15.6. The van der Waals surface area contributed by atoms with Gasteiger partial charge in [0, 0.05) is 49.8 Å². The van der Waals surface area contributed by atoms with Gasteiger partial charge in [-0.1, -0.05) is 24.3 Å². The fourth-order valence-corrected chi connectivity index (χ4v) is 5.14. The van der Waals surface area contributed by atoms with Crippen molar-refractivity contribution in [2.45, 2.75) is 17.7 Å². The first-order valence-corrected chi connectivity index (χ1v) is 12.1. The highest BCUT2D eigenvalue weighted by Gasteiger charge is 2.24. The lowest BCUT2D eigenvalue weighted by Crippen LogP contribution is -2.47. The van der Waals surface area contributed by atoms with Crippen LogP contribution in [0.4, 0.5) is 15.8 Å². The normalized spacial score (nSPS) is 17.1. The minimum atomic E-state index is -0.173. The van der Waals surface area contributed by atoms with Crippen molar-refractivity contribution in [3.63, 3.8) is 0 Å². The Morgan fingerprint density at radius 3 is 2.50 bits per heavy atom. The third-order valence-electron chi connectivity index (χ3n) is 5.87. The number of hydrogen-bond acceptors (Lipinski definition) is 5. The summed E-state index contributed by atoms with van der Waals surface area (Å²) >= 11 is 1.66. The van der Waals surface area contributed by atoms with Gasteiger partial charge in [0.1, 0.15) is 12.4 Å². The van der Waals surface area contributed by atoms with Crippen LogP contribution in [0.2, 0.25) is 0 Å². The van der Waals surface area contributed by atoms with Gasteiger partial charge in [-0.2, -0.15) is 0 Å². The van der Waals surface area contributed by atoms with Crippen molar-refractivity contribution in [3.05, 3.63) is 54.3 Å². The molecule has 0 aliphatic carbocycles. The number of amides is 2. The zero-order valence-electron chi connectivity index (χ0n) is 18.1. The highest BCUT2D eigenvalue weighted by molar-refractivity contribution is 7.99. The van der Waals surface area contributed by atoms with Crippen LogP contribution < -0.4 is 15.1 Å². The van der Waals surface area contributed by atoms with Crippen LogP contribution in [0.1, 0.15) is 12.8 Å². The van der Waals surface area contributed by atoms with E-state index in [-0.39, 0.29) is 24.2 Å². The number of benzene rings is 2. The molecule has 0 spiro atoms. The zero-order chi connectivity index (χ0) is 22.3. The molecule has 6 nitrogen and oxygen atoms in total. The highest BCUT2D eigenvalue weighted by Crippen LogP contribution is 2.33. The van der Waals surface area contributed by atoms with Gasteiger partial charge in [0.15, 0.2) is 0 Å². The molecule has 2 aromatic carbocycles. The monoisotopic (exact) mass is 456 g/mol. The van der Waals surface area contributed by atoms with Gasteiger partial charge < -0.3 is 15.1 Å². The van der Waals surface area contributed by atoms with Crippen molar-refractivity contribution in [1.29, 1.82) is 0 Å². The van der Waals surface area contributed by atoms with E-state index in [1.54, 1.807) is 22.7 Å². The van der Waals surface area contributed by atoms with Crippen LogP contribution in [-0.2, 0) is 9.59 Å². The van der Waals surface area contributed by atoms with Gasteiger partial charge >= 0.3 is 0 Å². The maximum atomic E-state index is 14.0. The molecular formula is C24H29FN4O2S. The standard InChI is InChI=1S/C24H29FN4O2S/c25-19-6-1-2-7-20(19)28-15-13-27(14-16-28)12-5-11-26-23(30)18-29-21-8-3-4-9-22(21)32-17-10-24(29)31/h1-4,6-9H,5,10-18H2,(H,26,30). The SMILES string of the molecule is O=C(CN1C(=O)CCSc2ccccc21)NCCCN1CCN(c2ccccc2F)CC1. The fraction of sp³-hybridized carbons (Fsp3) is 0.417. The number of piperazine rings is 1. The van der Waals surface area contributed by atoms with Gasteiger partial charge in [-0.15, -0.1) is 11.8 Å². The first kappa shape index (κ1) is 22.6. The molecule has 0 aromatic heterocycles.